The minimum atomic E-state index is -0.993. The van der Waals surface area contributed by atoms with Crippen molar-refractivity contribution in [2.45, 2.75) is 13.0 Å². The van der Waals surface area contributed by atoms with Crippen molar-refractivity contribution in [1.29, 1.82) is 0 Å². The average Bonchev–Trinajstić information content (AvgIpc) is 3.00. The third kappa shape index (κ3) is 4.04. The van der Waals surface area contributed by atoms with Crippen LogP contribution in [-0.4, -0.2) is 22.1 Å². The molecule has 0 aliphatic rings. The van der Waals surface area contributed by atoms with E-state index >= 15 is 0 Å². The Balaban J connectivity index is 2.01. The number of amides is 1. The van der Waals surface area contributed by atoms with Crippen molar-refractivity contribution in [3.63, 3.8) is 0 Å². The predicted molar refractivity (Wildman–Crippen MR) is 75.5 cm³/mol. The van der Waals surface area contributed by atoms with Gasteiger partial charge in [0.1, 0.15) is 6.26 Å². The monoisotopic (exact) mass is 286 g/mol. The van der Waals surface area contributed by atoms with Crippen LogP contribution in [0.5, 0.6) is 0 Å². The van der Waals surface area contributed by atoms with Gasteiger partial charge in [0.05, 0.1) is 6.04 Å². The number of carboxylic acid groups (broad SMARTS) is 1. The number of rotatable bonds is 5. The molecule has 0 bridgehead atoms. The lowest BCUT2D eigenvalue weighted by Crippen LogP contribution is -2.26. The third-order valence-corrected chi connectivity index (χ3v) is 2.87. The molecule has 1 atom stereocenters. The zero-order valence-corrected chi connectivity index (χ0v) is 11.3. The van der Waals surface area contributed by atoms with Crippen LogP contribution in [-0.2, 0) is 4.79 Å². The molecule has 21 heavy (non-hydrogen) atoms. The first-order valence-corrected chi connectivity index (χ1v) is 6.28. The highest BCUT2D eigenvalue weighted by atomic mass is 16.5. The molecular formula is C15H14N2O4. The van der Waals surface area contributed by atoms with E-state index in [1.165, 1.54) is 18.4 Å². The highest BCUT2D eigenvalue weighted by Gasteiger charge is 2.13. The summed E-state index contributed by atoms with van der Waals surface area (Å²) >= 11 is 0. The smallest absolute Gasteiger partial charge is 0.328 e. The fraction of sp³-hybridized carbons (Fsp3) is 0.133. The summed E-state index contributed by atoms with van der Waals surface area (Å²) in [4.78, 5) is 22.3. The summed E-state index contributed by atoms with van der Waals surface area (Å²) < 4.78 is 4.62. The fourth-order valence-electron chi connectivity index (χ4n) is 1.75. The summed E-state index contributed by atoms with van der Waals surface area (Å²) in [6.45, 7) is 1.85. The standard InChI is InChI=1S/C15H14N2O4/c1-10(16-15(20)13-8-9-21-17-13)12-5-2-11(3-6-12)4-7-14(18)19/h2-10H,1H3,(H,16,20)(H,18,19). The Kier molecular flexibility index (Phi) is 4.50. The molecule has 1 heterocycles. The second-order valence-corrected chi connectivity index (χ2v) is 4.42. The molecule has 6 nitrogen and oxygen atoms in total. The topological polar surface area (TPSA) is 92.4 Å². The van der Waals surface area contributed by atoms with Crippen LogP contribution in [0.25, 0.3) is 6.08 Å². The lowest BCUT2D eigenvalue weighted by molar-refractivity contribution is -0.131. The summed E-state index contributed by atoms with van der Waals surface area (Å²) in [6.07, 6.45) is 3.92. The summed E-state index contributed by atoms with van der Waals surface area (Å²) in [5.74, 6) is -1.31. The summed E-state index contributed by atoms with van der Waals surface area (Å²) in [5.41, 5.74) is 1.90. The van der Waals surface area contributed by atoms with Crippen LogP contribution in [0.4, 0.5) is 0 Å². The van der Waals surface area contributed by atoms with Gasteiger partial charge in [-0.05, 0) is 24.1 Å². The van der Waals surface area contributed by atoms with Crippen molar-refractivity contribution < 1.29 is 19.2 Å². The van der Waals surface area contributed by atoms with E-state index < -0.39 is 5.97 Å². The van der Waals surface area contributed by atoms with Crippen molar-refractivity contribution in [2.24, 2.45) is 0 Å². The first-order chi connectivity index (χ1) is 10.1. The van der Waals surface area contributed by atoms with E-state index in [1.54, 1.807) is 12.1 Å². The zero-order chi connectivity index (χ0) is 15.2. The molecule has 108 valence electrons. The number of benzene rings is 1. The number of carboxylic acids is 1. The number of aliphatic carboxylic acids is 1. The fourth-order valence-corrected chi connectivity index (χ4v) is 1.75. The molecule has 2 N–H and O–H groups in total. The molecular weight excluding hydrogens is 272 g/mol. The molecule has 1 amide bonds. The van der Waals surface area contributed by atoms with Gasteiger partial charge in [0.25, 0.3) is 5.91 Å². The maximum atomic E-state index is 11.8. The first-order valence-electron chi connectivity index (χ1n) is 6.28. The van der Waals surface area contributed by atoms with E-state index in [0.717, 1.165) is 17.2 Å². The Labute approximate surface area is 121 Å². The molecule has 0 spiro atoms. The molecule has 0 fully saturated rings. The number of hydrogen-bond acceptors (Lipinski definition) is 4. The minimum absolute atomic E-state index is 0.202. The Hall–Kier alpha value is -2.89. The lowest BCUT2D eigenvalue weighted by Gasteiger charge is -2.13. The number of nitrogens with one attached hydrogen (secondary N) is 1. The Bertz CT molecular complexity index is 645. The molecule has 0 radical (unpaired) electrons. The van der Waals surface area contributed by atoms with E-state index in [4.69, 9.17) is 5.11 Å². The van der Waals surface area contributed by atoms with Crippen molar-refractivity contribution in [3.8, 4) is 0 Å². The maximum absolute atomic E-state index is 11.8. The second-order valence-electron chi connectivity index (χ2n) is 4.42. The van der Waals surface area contributed by atoms with Gasteiger partial charge in [0.2, 0.25) is 0 Å². The Morgan fingerprint density at radius 1 is 1.29 bits per heavy atom. The van der Waals surface area contributed by atoms with Crippen molar-refractivity contribution in [1.82, 2.24) is 10.5 Å². The highest BCUT2D eigenvalue weighted by molar-refractivity contribution is 5.92. The summed E-state index contributed by atoms with van der Waals surface area (Å²) in [6, 6.07) is 8.51. The van der Waals surface area contributed by atoms with Gasteiger partial charge in [0.15, 0.2) is 5.69 Å². The number of carbonyl (C=O) groups excluding carboxylic acids is 1. The number of hydrogen-bond donors (Lipinski definition) is 2. The van der Waals surface area contributed by atoms with Crippen LogP contribution >= 0.6 is 0 Å². The largest absolute Gasteiger partial charge is 0.478 e. The van der Waals surface area contributed by atoms with Crippen LogP contribution in [0.15, 0.2) is 47.2 Å². The lowest BCUT2D eigenvalue weighted by atomic mass is 10.1. The summed E-state index contributed by atoms with van der Waals surface area (Å²) in [7, 11) is 0. The van der Waals surface area contributed by atoms with Gasteiger partial charge in [-0.15, -0.1) is 0 Å². The van der Waals surface area contributed by atoms with Crippen LogP contribution < -0.4 is 5.32 Å². The van der Waals surface area contributed by atoms with E-state index in [9.17, 15) is 9.59 Å². The van der Waals surface area contributed by atoms with Crippen LogP contribution in [0.1, 0.15) is 34.6 Å². The zero-order valence-electron chi connectivity index (χ0n) is 11.3. The molecule has 1 aromatic heterocycles. The third-order valence-electron chi connectivity index (χ3n) is 2.87. The van der Waals surface area contributed by atoms with E-state index in [-0.39, 0.29) is 17.6 Å². The molecule has 0 saturated heterocycles. The van der Waals surface area contributed by atoms with Gasteiger partial charge in [-0.2, -0.15) is 0 Å². The molecule has 6 heteroatoms. The predicted octanol–water partition coefficient (Wildman–Crippen LogP) is 2.26. The molecule has 2 aromatic rings. The molecule has 2 rings (SSSR count). The molecule has 0 saturated carbocycles. The van der Waals surface area contributed by atoms with Gasteiger partial charge in [-0.1, -0.05) is 29.4 Å². The van der Waals surface area contributed by atoms with E-state index in [0.29, 0.717) is 0 Å². The van der Waals surface area contributed by atoms with Crippen molar-refractivity contribution in [3.05, 3.63) is 59.5 Å². The number of nitrogens with zero attached hydrogens (tertiary/aromatic N) is 1. The Morgan fingerprint density at radius 2 is 2.00 bits per heavy atom. The second kappa shape index (κ2) is 6.51. The van der Waals surface area contributed by atoms with Crippen molar-refractivity contribution >= 4 is 18.0 Å². The number of carbonyl (C=O) groups is 2. The average molecular weight is 286 g/mol. The Morgan fingerprint density at radius 3 is 2.57 bits per heavy atom. The van der Waals surface area contributed by atoms with E-state index in [1.807, 2.05) is 19.1 Å². The normalized spacial score (nSPS) is 12.2. The van der Waals surface area contributed by atoms with Crippen LogP contribution in [0.2, 0.25) is 0 Å². The maximum Gasteiger partial charge on any atom is 0.328 e. The molecule has 0 aliphatic carbocycles. The van der Waals surface area contributed by atoms with Crippen molar-refractivity contribution in [2.75, 3.05) is 0 Å². The quantitative estimate of drug-likeness (QED) is 0.822. The van der Waals surface area contributed by atoms with Crippen LogP contribution in [0, 0.1) is 0 Å². The first kappa shape index (κ1) is 14.5. The number of aromatic nitrogens is 1. The van der Waals surface area contributed by atoms with Crippen LogP contribution in [0.3, 0.4) is 0 Å². The van der Waals surface area contributed by atoms with E-state index in [2.05, 4.69) is 15.0 Å². The van der Waals surface area contributed by atoms with Gasteiger partial charge in [0, 0.05) is 12.1 Å². The molecule has 1 unspecified atom stereocenters. The van der Waals surface area contributed by atoms with Gasteiger partial charge in [-0.25, -0.2) is 4.79 Å². The highest BCUT2D eigenvalue weighted by Crippen LogP contribution is 2.14. The van der Waals surface area contributed by atoms with Gasteiger partial charge < -0.3 is 14.9 Å². The SMILES string of the molecule is CC(NC(=O)c1ccon1)c1ccc(C=CC(=O)O)cc1. The molecule has 1 aromatic carbocycles. The molecule has 0 aliphatic heterocycles. The van der Waals surface area contributed by atoms with Gasteiger partial charge >= 0.3 is 5.97 Å². The minimum Gasteiger partial charge on any atom is -0.478 e. The van der Waals surface area contributed by atoms with Gasteiger partial charge in [-0.3, -0.25) is 4.79 Å². The summed E-state index contributed by atoms with van der Waals surface area (Å²) in [5, 5.41) is 14.9.